The maximum absolute atomic E-state index is 13.1. The van der Waals surface area contributed by atoms with Crippen molar-refractivity contribution in [2.75, 3.05) is 24.1 Å². The summed E-state index contributed by atoms with van der Waals surface area (Å²) in [5.74, 6) is 0.987. The van der Waals surface area contributed by atoms with Gasteiger partial charge in [0.15, 0.2) is 17.1 Å². The number of hydrogen-bond donors (Lipinski definition) is 0. The Hall–Kier alpha value is -3.32. The van der Waals surface area contributed by atoms with Gasteiger partial charge in [-0.05, 0) is 24.3 Å². The van der Waals surface area contributed by atoms with E-state index < -0.39 is 10.0 Å². The summed E-state index contributed by atoms with van der Waals surface area (Å²) in [4.78, 5) is 0.0231. The fourth-order valence-corrected chi connectivity index (χ4v) is 4.01. The van der Waals surface area contributed by atoms with Gasteiger partial charge in [0.05, 0.1) is 11.8 Å². The van der Waals surface area contributed by atoms with Gasteiger partial charge < -0.3 is 9.47 Å². The van der Waals surface area contributed by atoms with Crippen LogP contribution in [0.4, 0.5) is 5.69 Å². The van der Waals surface area contributed by atoms with Gasteiger partial charge in [0.1, 0.15) is 31.0 Å². The Balaban J connectivity index is 1.78. The lowest BCUT2D eigenvalue weighted by Crippen LogP contribution is -2.31. The number of sulfonamides is 1. The minimum atomic E-state index is -3.97. The average molecular weight is 371 g/mol. The van der Waals surface area contributed by atoms with E-state index in [0.717, 1.165) is 4.31 Å². The lowest BCUT2D eigenvalue weighted by Gasteiger charge is -2.24. The van der Waals surface area contributed by atoms with Crippen molar-refractivity contribution >= 4 is 21.4 Å². The summed E-state index contributed by atoms with van der Waals surface area (Å²) in [6.45, 7) is 0.472. The molecule has 0 spiro atoms. The Morgan fingerprint density at radius 3 is 2.81 bits per heavy atom. The lowest BCUT2D eigenvalue weighted by molar-refractivity contribution is 0.171. The topological polar surface area (TPSA) is 110 Å². The molecule has 1 aromatic carbocycles. The monoisotopic (exact) mass is 371 g/mol. The van der Waals surface area contributed by atoms with Crippen molar-refractivity contribution in [1.82, 2.24) is 14.6 Å². The fraction of sp³-hybridized carbons (Fsp3) is 0.188. The van der Waals surface area contributed by atoms with Crippen LogP contribution in [0.15, 0.2) is 47.8 Å². The second kappa shape index (κ2) is 6.20. The van der Waals surface area contributed by atoms with Gasteiger partial charge >= 0.3 is 0 Å². The van der Waals surface area contributed by atoms with Crippen LogP contribution < -0.4 is 13.8 Å². The molecule has 9 nitrogen and oxygen atoms in total. The molecule has 0 saturated carbocycles. The van der Waals surface area contributed by atoms with Crippen LogP contribution >= 0.6 is 0 Å². The van der Waals surface area contributed by atoms with Crippen molar-refractivity contribution in [3.05, 3.63) is 42.9 Å². The van der Waals surface area contributed by atoms with Crippen LogP contribution in [0, 0.1) is 11.3 Å². The van der Waals surface area contributed by atoms with Crippen molar-refractivity contribution in [2.24, 2.45) is 0 Å². The molecule has 132 valence electrons. The third kappa shape index (κ3) is 2.68. The predicted molar refractivity (Wildman–Crippen MR) is 90.6 cm³/mol. The Morgan fingerprint density at radius 1 is 1.19 bits per heavy atom. The molecule has 0 N–H and O–H groups in total. The van der Waals surface area contributed by atoms with E-state index in [9.17, 15) is 8.42 Å². The molecule has 0 unspecified atom stereocenters. The molecule has 3 aromatic rings. The van der Waals surface area contributed by atoms with Gasteiger partial charge in [0, 0.05) is 12.3 Å². The van der Waals surface area contributed by atoms with Gasteiger partial charge in [-0.3, -0.25) is 8.71 Å². The predicted octanol–water partition coefficient (Wildman–Crippen LogP) is 1.22. The third-order valence-electron chi connectivity index (χ3n) is 3.88. The van der Waals surface area contributed by atoms with Crippen LogP contribution in [0.1, 0.15) is 0 Å². The molecule has 0 amide bonds. The van der Waals surface area contributed by atoms with Crippen molar-refractivity contribution in [3.63, 3.8) is 0 Å². The number of hydrogen-bond acceptors (Lipinski definition) is 7. The first-order chi connectivity index (χ1) is 12.6. The molecule has 1 aliphatic heterocycles. The standard InChI is InChI=1S/C16H13N5O4S/c17-5-6-21(12-1-3-14-15(9-12)25-8-7-24-14)26(22,23)13-2-4-16-19-18-11-20(16)10-13/h1-4,9-11H,6-8H2. The zero-order valence-corrected chi connectivity index (χ0v) is 14.3. The van der Waals surface area contributed by atoms with Crippen molar-refractivity contribution < 1.29 is 17.9 Å². The molecule has 0 aliphatic carbocycles. The van der Waals surface area contributed by atoms with Gasteiger partial charge in [0.25, 0.3) is 10.0 Å². The lowest BCUT2D eigenvalue weighted by atomic mass is 10.2. The second-order valence-electron chi connectivity index (χ2n) is 5.46. The summed E-state index contributed by atoms with van der Waals surface area (Å²) >= 11 is 0. The second-order valence-corrected chi connectivity index (χ2v) is 7.32. The molecule has 0 bridgehead atoms. The molecule has 0 saturated heterocycles. The highest BCUT2D eigenvalue weighted by atomic mass is 32.2. The van der Waals surface area contributed by atoms with Crippen molar-refractivity contribution in [1.29, 1.82) is 5.26 Å². The van der Waals surface area contributed by atoms with Crippen molar-refractivity contribution in [3.8, 4) is 17.6 Å². The summed E-state index contributed by atoms with van der Waals surface area (Å²) < 4.78 is 39.7. The zero-order valence-electron chi connectivity index (χ0n) is 13.4. The van der Waals surface area contributed by atoms with Gasteiger partial charge in [0.2, 0.25) is 0 Å². The van der Waals surface area contributed by atoms with Gasteiger partial charge in [-0.2, -0.15) is 5.26 Å². The normalized spacial score (nSPS) is 13.3. The first-order valence-electron chi connectivity index (χ1n) is 7.68. The van der Waals surface area contributed by atoms with E-state index in [1.807, 2.05) is 6.07 Å². The Morgan fingerprint density at radius 2 is 2.00 bits per heavy atom. The smallest absolute Gasteiger partial charge is 0.266 e. The summed E-state index contributed by atoms with van der Waals surface area (Å²) in [5.41, 5.74) is 0.842. The highest BCUT2D eigenvalue weighted by Gasteiger charge is 2.27. The highest BCUT2D eigenvalue weighted by molar-refractivity contribution is 7.92. The van der Waals surface area contributed by atoms with E-state index in [2.05, 4.69) is 10.2 Å². The van der Waals surface area contributed by atoms with Crippen molar-refractivity contribution in [2.45, 2.75) is 4.90 Å². The maximum Gasteiger partial charge on any atom is 0.266 e. The summed E-state index contributed by atoms with van der Waals surface area (Å²) in [5, 5.41) is 16.7. The number of fused-ring (bicyclic) bond motifs is 2. The number of anilines is 1. The van der Waals surface area contributed by atoms with Crippen LogP contribution in [0.3, 0.4) is 0 Å². The molecule has 10 heteroatoms. The van der Waals surface area contributed by atoms with E-state index in [1.54, 1.807) is 24.3 Å². The minimum Gasteiger partial charge on any atom is -0.486 e. The average Bonchev–Trinajstić information content (AvgIpc) is 3.13. The summed E-state index contributed by atoms with van der Waals surface area (Å²) in [6, 6.07) is 9.65. The molecule has 3 heterocycles. The quantitative estimate of drug-likeness (QED) is 0.634. The Bertz CT molecular complexity index is 1120. The molecule has 1 aliphatic rings. The third-order valence-corrected chi connectivity index (χ3v) is 5.64. The van der Waals surface area contributed by atoms with E-state index in [-0.39, 0.29) is 11.4 Å². The Labute approximate surface area is 149 Å². The molecule has 0 radical (unpaired) electrons. The van der Waals surface area contributed by atoms with Crippen LogP contribution in [0.25, 0.3) is 5.65 Å². The van der Waals surface area contributed by atoms with Gasteiger partial charge in [-0.15, -0.1) is 10.2 Å². The van der Waals surface area contributed by atoms with Crippen LogP contribution in [0.2, 0.25) is 0 Å². The number of pyridine rings is 1. The van der Waals surface area contributed by atoms with E-state index in [1.165, 1.54) is 23.0 Å². The first kappa shape index (κ1) is 16.2. The molecule has 2 aromatic heterocycles. The molecule has 26 heavy (non-hydrogen) atoms. The van der Waals surface area contributed by atoms with Crippen LogP contribution in [0.5, 0.6) is 11.5 Å². The fourth-order valence-electron chi connectivity index (χ4n) is 2.65. The number of ether oxygens (including phenoxy) is 2. The number of rotatable bonds is 4. The molecule has 0 atom stereocenters. The molecular formula is C16H13N5O4S. The van der Waals surface area contributed by atoms with Crippen LogP contribution in [-0.2, 0) is 10.0 Å². The number of aromatic nitrogens is 3. The first-order valence-corrected chi connectivity index (χ1v) is 9.12. The number of benzene rings is 1. The number of nitrogens with zero attached hydrogens (tertiary/aromatic N) is 5. The molecular weight excluding hydrogens is 358 g/mol. The number of nitriles is 1. The summed E-state index contributed by atoms with van der Waals surface area (Å²) in [6.07, 6.45) is 2.82. The van der Waals surface area contributed by atoms with E-state index >= 15 is 0 Å². The molecule has 4 rings (SSSR count). The Kier molecular flexibility index (Phi) is 3.85. The van der Waals surface area contributed by atoms with Gasteiger partial charge in [-0.1, -0.05) is 0 Å². The minimum absolute atomic E-state index is 0.0231. The summed E-state index contributed by atoms with van der Waals surface area (Å²) in [7, 11) is -3.97. The SMILES string of the molecule is N#CCN(c1ccc2c(c1)OCCO2)S(=O)(=O)c1ccc2nncn2c1. The van der Waals surface area contributed by atoms with E-state index in [0.29, 0.717) is 36.0 Å². The van der Waals surface area contributed by atoms with Gasteiger partial charge in [-0.25, -0.2) is 8.42 Å². The maximum atomic E-state index is 13.1. The largest absolute Gasteiger partial charge is 0.486 e. The van der Waals surface area contributed by atoms with Crippen LogP contribution in [-0.4, -0.2) is 42.8 Å². The van der Waals surface area contributed by atoms with E-state index in [4.69, 9.17) is 14.7 Å². The highest BCUT2D eigenvalue weighted by Crippen LogP contribution is 2.35. The molecule has 0 fully saturated rings. The zero-order chi connectivity index (χ0) is 18.1.